The number of Topliss-reactive ketones (excluding diaryl/α,β-unsaturated/α-hetero) is 2. The molecule has 2 aromatic carbocycles. The van der Waals surface area contributed by atoms with Gasteiger partial charge in [-0.05, 0) is 68.0 Å². The van der Waals surface area contributed by atoms with Crippen molar-refractivity contribution >= 4 is 17.6 Å². The first-order valence-corrected chi connectivity index (χ1v) is 11.2. The van der Waals surface area contributed by atoms with Crippen molar-refractivity contribution in [2.75, 3.05) is 0 Å². The van der Waals surface area contributed by atoms with Crippen molar-refractivity contribution in [2.24, 2.45) is 0 Å². The Morgan fingerprint density at radius 2 is 1.45 bits per heavy atom. The van der Waals surface area contributed by atoms with E-state index in [0.29, 0.717) is 17.0 Å². The zero-order valence-corrected chi connectivity index (χ0v) is 18.2. The molecule has 0 bridgehead atoms. The fourth-order valence-corrected chi connectivity index (χ4v) is 5.22. The maximum Gasteiger partial charge on any atom is 0.197 e. The molecule has 2 aliphatic rings. The molecule has 0 radical (unpaired) electrons. The molecule has 1 aromatic heterocycles. The van der Waals surface area contributed by atoms with Crippen molar-refractivity contribution in [3.63, 3.8) is 0 Å². The highest BCUT2D eigenvalue weighted by molar-refractivity contribution is 6.41. The number of nitrogens with zero attached hydrogens (tertiary/aromatic N) is 1. The maximum atomic E-state index is 12.8. The van der Waals surface area contributed by atoms with Gasteiger partial charge >= 0.3 is 0 Å². The van der Waals surface area contributed by atoms with Crippen LogP contribution < -0.4 is 0 Å². The summed E-state index contributed by atoms with van der Waals surface area (Å²) in [5.41, 5.74) is 6.86. The SMILES string of the molecule is Cc1cc(C=C2C(=O)c3ccccc3C2=O)c(C)n1-c1ccc(C2CCCCC2)cc1. The third kappa shape index (κ3) is 3.38. The summed E-state index contributed by atoms with van der Waals surface area (Å²) in [6.45, 7) is 4.11. The third-order valence-corrected chi connectivity index (χ3v) is 6.90. The lowest BCUT2D eigenvalue weighted by atomic mass is 9.84. The Kier molecular flexibility index (Phi) is 4.97. The monoisotopic (exact) mass is 409 g/mol. The summed E-state index contributed by atoms with van der Waals surface area (Å²) in [7, 11) is 0. The first-order chi connectivity index (χ1) is 15.0. The lowest BCUT2D eigenvalue weighted by Gasteiger charge is -2.22. The van der Waals surface area contributed by atoms with E-state index in [4.69, 9.17) is 0 Å². The van der Waals surface area contributed by atoms with Crippen molar-refractivity contribution in [2.45, 2.75) is 51.9 Å². The molecule has 1 saturated carbocycles. The van der Waals surface area contributed by atoms with Crippen LogP contribution in [-0.4, -0.2) is 16.1 Å². The smallest absolute Gasteiger partial charge is 0.197 e. The topological polar surface area (TPSA) is 39.1 Å². The highest BCUT2D eigenvalue weighted by atomic mass is 16.2. The second-order valence-electron chi connectivity index (χ2n) is 8.85. The van der Waals surface area contributed by atoms with E-state index in [2.05, 4.69) is 41.8 Å². The molecule has 0 aliphatic heterocycles. The van der Waals surface area contributed by atoms with E-state index < -0.39 is 0 Å². The minimum atomic E-state index is -0.178. The van der Waals surface area contributed by atoms with Gasteiger partial charge in [0.2, 0.25) is 0 Å². The summed E-state index contributed by atoms with van der Waals surface area (Å²) >= 11 is 0. The maximum absolute atomic E-state index is 12.8. The summed E-state index contributed by atoms with van der Waals surface area (Å²) in [5, 5.41) is 0. The van der Waals surface area contributed by atoms with Crippen molar-refractivity contribution in [3.05, 3.63) is 93.8 Å². The van der Waals surface area contributed by atoms with Crippen LogP contribution in [0.15, 0.2) is 60.2 Å². The minimum absolute atomic E-state index is 0.178. The van der Waals surface area contributed by atoms with Crippen LogP contribution in [0.1, 0.15) is 81.3 Å². The molecule has 3 nitrogen and oxygen atoms in total. The summed E-state index contributed by atoms with van der Waals surface area (Å²) in [6.07, 6.45) is 8.39. The first-order valence-electron chi connectivity index (χ1n) is 11.2. The number of fused-ring (bicyclic) bond motifs is 1. The van der Waals surface area contributed by atoms with Crippen molar-refractivity contribution in [1.29, 1.82) is 0 Å². The summed E-state index contributed by atoms with van der Waals surface area (Å²) < 4.78 is 2.20. The average molecular weight is 410 g/mol. The zero-order chi connectivity index (χ0) is 21.5. The summed E-state index contributed by atoms with van der Waals surface area (Å²) in [5.74, 6) is 0.334. The number of carbonyl (C=O) groups excluding carboxylic acids is 2. The fourth-order valence-electron chi connectivity index (χ4n) is 5.22. The normalized spacial score (nSPS) is 16.6. The zero-order valence-electron chi connectivity index (χ0n) is 18.2. The van der Waals surface area contributed by atoms with Gasteiger partial charge < -0.3 is 4.57 Å². The lowest BCUT2D eigenvalue weighted by molar-refractivity contribution is 0.0990. The molecule has 1 heterocycles. The van der Waals surface area contributed by atoms with Gasteiger partial charge in [-0.2, -0.15) is 0 Å². The van der Waals surface area contributed by atoms with Gasteiger partial charge in [-0.25, -0.2) is 0 Å². The average Bonchev–Trinajstić information content (AvgIpc) is 3.22. The molecule has 3 heteroatoms. The van der Waals surface area contributed by atoms with Crippen LogP contribution in [0.2, 0.25) is 0 Å². The van der Waals surface area contributed by atoms with Gasteiger partial charge in [-0.15, -0.1) is 0 Å². The number of ketones is 2. The Morgan fingerprint density at radius 3 is 2.06 bits per heavy atom. The van der Waals surface area contributed by atoms with Crippen LogP contribution in [0.25, 0.3) is 11.8 Å². The Hall–Kier alpha value is -3.20. The molecule has 0 N–H and O–H groups in total. The number of hydrogen-bond acceptors (Lipinski definition) is 2. The van der Waals surface area contributed by atoms with Crippen LogP contribution >= 0.6 is 0 Å². The number of hydrogen-bond donors (Lipinski definition) is 0. The van der Waals surface area contributed by atoms with Crippen molar-refractivity contribution < 1.29 is 9.59 Å². The van der Waals surface area contributed by atoms with Crippen LogP contribution in [0.3, 0.4) is 0 Å². The largest absolute Gasteiger partial charge is 0.318 e. The molecule has 0 amide bonds. The standard InChI is InChI=1S/C28H27NO2/c1-18-16-22(17-26-27(30)24-10-6-7-11-25(24)28(26)31)19(2)29(18)23-14-12-21(13-15-23)20-8-4-3-5-9-20/h6-7,10-17,20H,3-5,8-9H2,1-2H3. The number of allylic oxidation sites excluding steroid dienone is 1. The van der Waals surface area contributed by atoms with Gasteiger partial charge in [-0.3, -0.25) is 9.59 Å². The van der Waals surface area contributed by atoms with E-state index in [1.54, 1.807) is 30.3 Å². The number of benzene rings is 2. The number of rotatable bonds is 3. The van der Waals surface area contributed by atoms with Gasteiger partial charge in [0.15, 0.2) is 11.6 Å². The Balaban J connectivity index is 1.47. The number of aromatic nitrogens is 1. The Morgan fingerprint density at radius 1 is 0.839 bits per heavy atom. The predicted octanol–water partition coefficient (Wildman–Crippen LogP) is 6.60. The van der Waals surface area contributed by atoms with E-state index in [-0.39, 0.29) is 17.1 Å². The summed E-state index contributed by atoms with van der Waals surface area (Å²) in [4.78, 5) is 25.6. The van der Waals surface area contributed by atoms with Crippen LogP contribution in [-0.2, 0) is 0 Å². The number of aryl methyl sites for hydroxylation is 1. The predicted molar refractivity (Wildman–Crippen MR) is 124 cm³/mol. The van der Waals surface area contributed by atoms with Gasteiger partial charge in [-0.1, -0.05) is 55.7 Å². The molecule has 0 saturated heterocycles. The van der Waals surface area contributed by atoms with Crippen molar-refractivity contribution in [3.8, 4) is 5.69 Å². The first kappa shape index (κ1) is 19.7. The van der Waals surface area contributed by atoms with E-state index >= 15 is 0 Å². The Bertz CT molecular complexity index is 1170. The molecule has 3 aromatic rings. The quantitative estimate of drug-likeness (QED) is 0.361. The highest BCUT2D eigenvalue weighted by Gasteiger charge is 2.32. The van der Waals surface area contributed by atoms with Gasteiger partial charge in [0.05, 0.1) is 5.57 Å². The van der Waals surface area contributed by atoms with E-state index in [0.717, 1.165) is 22.6 Å². The molecule has 31 heavy (non-hydrogen) atoms. The van der Waals surface area contributed by atoms with Crippen LogP contribution in [0.4, 0.5) is 0 Å². The van der Waals surface area contributed by atoms with E-state index in [1.165, 1.54) is 37.7 Å². The number of carbonyl (C=O) groups is 2. The van der Waals surface area contributed by atoms with Gasteiger partial charge in [0, 0.05) is 28.2 Å². The third-order valence-electron chi connectivity index (χ3n) is 6.90. The summed E-state index contributed by atoms with van der Waals surface area (Å²) in [6, 6.07) is 18.0. The molecule has 5 rings (SSSR count). The van der Waals surface area contributed by atoms with E-state index in [1.807, 2.05) is 6.92 Å². The molecule has 2 aliphatic carbocycles. The molecular weight excluding hydrogens is 382 g/mol. The molecule has 156 valence electrons. The second kappa shape index (κ2) is 7.81. The van der Waals surface area contributed by atoms with Crippen LogP contribution in [0, 0.1) is 13.8 Å². The molecule has 1 fully saturated rings. The fraction of sp³-hybridized carbons (Fsp3) is 0.286. The van der Waals surface area contributed by atoms with Crippen LogP contribution in [0.5, 0.6) is 0 Å². The van der Waals surface area contributed by atoms with Gasteiger partial charge in [0.25, 0.3) is 0 Å². The highest BCUT2D eigenvalue weighted by Crippen LogP contribution is 2.34. The second-order valence-corrected chi connectivity index (χ2v) is 8.85. The molecule has 0 spiro atoms. The Labute approximate surface area is 183 Å². The molecule has 0 unspecified atom stereocenters. The molecule has 0 atom stereocenters. The lowest BCUT2D eigenvalue weighted by Crippen LogP contribution is -2.05. The molecular formula is C28H27NO2. The van der Waals surface area contributed by atoms with E-state index in [9.17, 15) is 9.59 Å². The van der Waals surface area contributed by atoms with Crippen molar-refractivity contribution in [1.82, 2.24) is 4.57 Å². The van der Waals surface area contributed by atoms with Gasteiger partial charge in [0.1, 0.15) is 0 Å². The minimum Gasteiger partial charge on any atom is -0.318 e.